The van der Waals surface area contributed by atoms with Crippen molar-refractivity contribution in [3.05, 3.63) is 53.4 Å². The van der Waals surface area contributed by atoms with E-state index in [0.29, 0.717) is 46.4 Å². The normalized spacial score (nSPS) is 15.8. The Balaban J connectivity index is 1.44. The second-order valence-corrected chi connectivity index (χ2v) is 6.80. The molecule has 0 radical (unpaired) electrons. The van der Waals surface area contributed by atoms with E-state index < -0.39 is 6.04 Å². The number of aliphatic imine (C=N–C) groups is 2. The van der Waals surface area contributed by atoms with E-state index in [2.05, 4.69) is 30.1 Å². The molecule has 0 bridgehead atoms. The SMILES string of the molecule is CCOC1=NC(Cc2noc(-c3ccc(Oc4ccc(Cl)cn4)cc3)n2)C(OF)=NC1. The summed E-state index contributed by atoms with van der Waals surface area (Å²) in [5.41, 5.74) is 0.688. The van der Waals surface area contributed by atoms with Gasteiger partial charge in [0, 0.05) is 28.8 Å². The summed E-state index contributed by atoms with van der Waals surface area (Å²) in [5.74, 6) is 1.89. The molecule has 3 heterocycles. The van der Waals surface area contributed by atoms with Gasteiger partial charge in [-0.05, 0) is 37.3 Å². The molecule has 1 aliphatic heterocycles. The highest BCUT2D eigenvalue weighted by Gasteiger charge is 2.26. The fourth-order valence-electron chi connectivity index (χ4n) is 2.82. The first-order chi connectivity index (χ1) is 15.1. The minimum Gasteiger partial charge on any atom is -0.480 e. The molecular weight excluding hydrogens is 429 g/mol. The summed E-state index contributed by atoms with van der Waals surface area (Å²) in [6, 6.07) is 9.67. The van der Waals surface area contributed by atoms with E-state index >= 15 is 0 Å². The van der Waals surface area contributed by atoms with Crippen LogP contribution in [0.5, 0.6) is 11.6 Å². The smallest absolute Gasteiger partial charge is 0.260 e. The van der Waals surface area contributed by atoms with Gasteiger partial charge >= 0.3 is 0 Å². The topological polar surface area (TPSA) is 104 Å². The van der Waals surface area contributed by atoms with E-state index in [1.807, 2.05) is 6.92 Å². The lowest BCUT2D eigenvalue weighted by Gasteiger charge is -2.16. The molecule has 0 saturated carbocycles. The Hall–Kier alpha value is -3.53. The molecule has 1 aliphatic rings. The molecule has 0 aliphatic carbocycles. The number of nitrogens with zero attached hydrogens (tertiary/aromatic N) is 5. The molecule has 9 nitrogen and oxygen atoms in total. The van der Waals surface area contributed by atoms with Gasteiger partial charge in [0.1, 0.15) is 18.3 Å². The maximum Gasteiger partial charge on any atom is 0.260 e. The summed E-state index contributed by atoms with van der Waals surface area (Å²) in [7, 11) is 0. The van der Waals surface area contributed by atoms with Crippen molar-refractivity contribution in [3.63, 3.8) is 0 Å². The zero-order valence-electron chi connectivity index (χ0n) is 16.4. The van der Waals surface area contributed by atoms with Crippen molar-refractivity contribution in [2.45, 2.75) is 19.4 Å². The monoisotopic (exact) mass is 445 g/mol. The van der Waals surface area contributed by atoms with Gasteiger partial charge in [0.05, 0.1) is 11.6 Å². The van der Waals surface area contributed by atoms with Crippen LogP contribution in [0.1, 0.15) is 12.7 Å². The highest BCUT2D eigenvalue weighted by Crippen LogP contribution is 2.25. The summed E-state index contributed by atoms with van der Waals surface area (Å²) in [5, 5.41) is 4.47. The first-order valence-electron chi connectivity index (χ1n) is 9.39. The molecule has 31 heavy (non-hydrogen) atoms. The molecule has 11 heteroatoms. The van der Waals surface area contributed by atoms with Gasteiger partial charge < -0.3 is 14.0 Å². The molecule has 0 spiro atoms. The van der Waals surface area contributed by atoms with Gasteiger partial charge in [-0.2, -0.15) is 4.98 Å². The Labute approximate surface area is 181 Å². The molecule has 0 saturated heterocycles. The summed E-state index contributed by atoms with van der Waals surface area (Å²) >= 11 is 5.82. The molecular formula is C20H17ClFN5O4. The van der Waals surface area contributed by atoms with Crippen LogP contribution in [0.4, 0.5) is 4.53 Å². The predicted octanol–water partition coefficient (Wildman–Crippen LogP) is 4.24. The van der Waals surface area contributed by atoms with Gasteiger partial charge in [-0.25, -0.2) is 15.0 Å². The van der Waals surface area contributed by atoms with Crippen molar-refractivity contribution >= 4 is 23.4 Å². The molecule has 3 aromatic rings. The van der Waals surface area contributed by atoms with Crippen molar-refractivity contribution in [2.75, 3.05) is 13.2 Å². The van der Waals surface area contributed by atoms with Crippen LogP contribution in [0, 0.1) is 0 Å². The van der Waals surface area contributed by atoms with Crippen LogP contribution in [-0.2, 0) is 16.1 Å². The number of hydrogen-bond acceptors (Lipinski definition) is 9. The Kier molecular flexibility index (Phi) is 6.37. The van der Waals surface area contributed by atoms with E-state index in [1.54, 1.807) is 36.4 Å². The first kappa shape index (κ1) is 20.7. The molecule has 1 atom stereocenters. The number of hydrogen-bond donors (Lipinski definition) is 0. The number of aromatic nitrogens is 3. The van der Waals surface area contributed by atoms with E-state index in [0.717, 1.165) is 0 Å². The average molecular weight is 446 g/mol. The van der Waals surface area contributed by atoms with Crippen LogP contribution in [0.25, 0.3) is 11.5 Å². The Morgan fingerprint density at radius 2 is 2.03 bits per heavy atom. The summed E-state index contributed by atoms with van der Waals surface area (Å²) in [6.07, 6.45) is 1.65. The van der Waals surface area contributed by atoms with Gasteiger partial charge in [-0.3, -0.25) is 4.94 Å². The minimum absolute atomic E-state index is 0.126. The first-order valence-corrected chi connectivity index (χ1v) is 9.77. The maximum atomic E-state index is 12.8. The second-order valence-electron chi connectivity index (χ2n) is 6.36. The Bertz CT molecular complexity index is 1090. The van der Waals surface area contributed by atoms with Gasteiger partial charge in [0.15, 0.2) is 5.82 Å². The van der Waals surface area contributed by atoms with Crippen LogP contribution >= 0.6 is 11.6 Å². The maximum absolute atomic E-state index is 12.8. The van der Waals surface area contributed by atoms with Crippen LogP contribution < -0.4 is 4.74 Å². The van der Waals surface area contributed by atoms with Gasteiger partial charge in [0.2, 0.25) is 11.8 Å². The van der Waals surface area contributed by atoms with Crippen LogP contribution in [0.2, 0.25) is 5.02 Å². The van der Waals surface area contributed by atoms with Crippen molar-refractivity contribution in [1.82, 2.24) is 15.1 Å². The van der Waals surface area contributed by atoms with E-state index in [-0.39, 0.29) is 18.9 Å². The summed E-state index contributed by atoms with van der Waals surface area (Å²) in [4.78, 5) is 20.6. The third kappa shape index (κ3) is 5.15. The molecule has 4 rings (SSSR count). The van der Waals surface area contributed by atoms with Crippen molar-refractivity contribution in [2.24, 2.45) is 9.98 Å². The van der Waals surface area contributed by atoms with Gasteiger partial charge in [-0.1, -0.05) is 16.8 Å². The molecule has 1 unspecified atom stereocenters. The van der Waals surface area contributed by atoms with Crippen LogP contribution in [0.15, 0.2) is 57.1 Å². The molecule has 1 aromatic carbocycles. The molecule has 0 fully saturated rings. The Morgan fingerprint density at radius 1 is 1.19 bits per heavy atom. The highest BCUT2D eigenvalue weighted by atomic mass is 35.5. The molecule has 160 valence electrons. The largest absolute Gasteiger partial charge is 0.480 e. The number of pyridine rings is 1. The van der Waals surface area contributed by atoms with Crippen LogP contribution in [0.3, 0.4) is 0 Å². The fraction of sp³-hybridized carbons (Fsp3) is 0.250. The van der Waals surface area contributed by atoms with Gasteiger partial charge in [0.25, 0.3) is 11.8 Å². The quantitative estimate of drug-likeness (QED) is 0.558. The predicted molar refractivity (Wildman–Crippen MR) is 110 cm³/mol. The number of halogens is 2. The highest BCUT2D eigenvalue weighted by molar-refractivity contribution is 6.30. The zero-order chi connectivity index (χ0) is 21.6. The molecule has 2 aromatic heterocycles. The van der Waals surface area contributed by atoms with E-state index in [1.165, 1.54) is 6.20 Å². The van der Waals surface area contributed by atoms with Crippen molar-refractivity contribution < 1.29 is 23.5 Å². The number of rotatable bonds is 6. The lowest BCUT2D eigenvalue weighted by atomic mass is 10.2. The van der Waals surface area contributed by atoms with E-state index in [9.17, 15) is 4.53 Å². The average Bonchev–Trinajstić information content (AvgIpc) is 3.25. The Morgan fingerprint density at radius 3 is 2.74 bits per heavy atom. The molecule has 0 amide bonds. The fourth-order valence-corrected chi connectivity index (χ4v) is 2.93. The number of benzene rings is 1. The summed E-state index contributed by atoms with van der Waals surface area (Å²) < 4.78 is 29.1. The number of ether oxygens (including phenoxy) is 2. The van der Waals surface area contributed by atoms with E-state index in [4.69, 9.17) is 25.6 Å². The standard InChI is InChI=1S/C20H17ClFN5O4/c1-2-28-18-11-24-20(30-22)15(25-18)9-16-26-19(31-27-16)12-3-6-14(7-4-12)29-17-8-5-13(21)10-23-17/h3-8,10,15H,2,9,11H2,1H3. The van der Waals surface area contributed by atoms with Crippen molar-refractivity contribution in [1.29, 1.82) is 0 Å². The lowest BCUT2D eigenvalue weighted by molar-refractivity contribution is -0.0294. The minimum atomic E-state index is -0.728. The summed E-state index contributed by atoms with van der Waals surface area (Å²) in [6.45, 7) is 2.39. The van der Waals surface area contributed by atoms with Gasteiger partial charge in [-0.15, -0.1) is 0 Å². The molecule has 0 N–H and O–H groups in total. The second kappa shape index (κ2) is 9.52. The van der Waals surface area contributed by atoms with Crippen molar-refractivity contribution in [3.8, 4) is 23.1 Å². The third-order valence-corrected chi connectivity index (χ3v) is 4.44. The lowest BCUT2D eigenvalue weighted by Crippen LogP contribution is -2.30. The zero-order valence-corrected chi connectivity index (χ0v) is 17.1. The third-order valence-electron chi connectivity index (χ3n) is 4.21. The van der Waals surface area contributed by atoms with Crippen LogP contribution in [-0.4, -0.2) is 46.1 Å².